The molecule has 0 saturated heterocycles. The van der Waals surface area contributed by atoms with E-state index < -0.39 is 16.2 Å². The highest BCUT2D eigenvalue weighted by Gasteiger charge is 2.21. The third kappa shape index (κ3) is 3.43. The fourth-order valence-corrected chi connectivity index (χ4v) is 1.99. The van der Waals surface area contributed by atoms with Crippen molar-refractivity contribution in [2.45, 2.75) is 20.0 Å². The lowest BCUT2D eigenvalue weighted by Gasteiger charge is -2.11. The molecule has 4 nitrogen and oxygen atoms in total. The maximum atomic E-state index is 11.9. The molecule has 0 aliphatic carbocycles. The Hall–Kier alpha value is -1.20. The summed E-state index contributed by atoms with van der Waals surface area (Å²) in [6.07, 6.45) is -0.0645. The molecule has 0 aliphatic heterocycles. The molecule has 1 aromatic carbocycles. The molecule has 88 valence electrons. The summed E-state index contributed by atoms with van der Waals surface area (Å²) in [5, 5.41) is 0. The van der Waals surface area contributed by atoms with Crippen LogP contribution in [0.15, 0.2) is 24.3 Å². The summed E-state index contributed by atoms with van der Waals surface area (Å²) in [7, 11) is -3.61. The van der Waals surface area contributed by atoms with Crippen LogP contribution in [0.25, 0.3) is 0 Å². The largest absolute Gasteiger partial charge is 0.291 e. The zero-order chi connectivity index (χ0) is 12.3. The first-order valence-electron chi connectivity index (χ1n) is 4.79. The van der Waals surface area contributed by atoms with Crippen molar-refractivity contribution in [3.05, 3.63) is 35.4 Å². The van der Waals surface area contributed by atoms with E-state index in [0.29, 0.717) is 5.56 Å². The molecular weight excluding hydrogens is 228 g/mol. The molecule has 0 radical (unpaired) electrons. The molecule has 0 saturated carbocycles. The summed E-state index contributed by atoms with van der Waals surface area (Å²) in [6.45, 7) is 3.22. The number of carbonyl (C=O) groups excluding carboxylic acids is 1. The smallest absolute Gasteiger partial charge is 0.265 e. The Balaban J connectivity index is 2.91. The number of benzene rings is 1. The summed E-state index contributed by atoms with van der Waals surface area (Å²) in [5.41, 5.74) is 1.29. The van der Waals surface area contributed by atoms with E-state index in [1.54, 1.807) is 25.1 Å². The van der Waals surface area contributed by atoms with E-state index in [2.05, 4.69) is 4.18 Å². The first-order valence-corrected chi connectivity index (χ1v) is 6.61. The van der Waals surface area contributed by atoms with Gasteiger partial charge in [0.25, 0.3) is 10.1 Å². The van der Waals surface area contributed by atoms with Crippen LogP contribution in [0.5, 0.6) is 0 Å². The van der Waals surface area contributed by atoms with Crippen LogP contribution in [0.1, 0.15) is 22.8 Å². The summed E-state index contributed by atoms with van der Waals surface area (Å²) in [6, 6.07) is 6.99. The van der Waals surface area contributed by atoms with Crippen molar-refractivity contribution in [1.29, 1.82) is 0 Å². The summed E-state index contributed by atoms with van der Waals surface area (Å²) < 4.78 is 26.4. The number of ketones is 1. The topological polar surface area (TPSA) is 60.4 Å². The molecule has 16 heavy (non-hydrogen) atoms. The molecule has 1 aromatic rings. The van der Waals surface area contributed by atoms with Crippen molar-refractivity contribution in [3.8, 4) is 0 Å². The van der Waals surface area contributed by atoms with Crippen LogP contribution in [-0.2, 0) is 14.3 Å². The van der Waals surface area contributed by atoms with E-state index in [-0.39, 0.29) is 5.78 Å². The van der Waals surface area contributed by atoms with E-state index in [1.807, 2.05) is 6.07 Å². The standard InChI is InChI=1S/C11H14O4S/c1-8-6-4-5-7-10(8)11(12)9(2)15-16(3,13)14/h4-7,9H,1-3H3. The van der Waals surface area contributed by atoms with Gasteiger partial charge in [0.15, 0.2) is 5.78 Å². The van der Waals surface area contributed by atoms with Gasteiger partial charge in [-0.05, 0) is 19.4 Å². The minimum atomic E-state index is -3.61. The van der Waals surface area contributed by atoms with Crippen LogP contribution in [-0.4, -0.2) is 26.6 Å². The van der Waals surface area contributed by atoms with Crippen molar-refractivity contribution >= 4 is 15.9 Å². The molecule has 0 aromatic heterocycles. The van der Waals surface area contributed by atoms with Crippen LogP contribution in [0.3, 0.4) is 0 Å². The second-order valence-corrected chi connectivity index (χ2v) is 5.22. The van der Waals surface area contributed by atoms with Crippen LogP contribution >= 0.6 is 0 Å². The van der Waals surface area contributed by atoms with Gasteiger partial charge in [-0.1, -0.05) is 24.3 Å². The zero-order valence-electron chi connectivity index (χ0n) is 9.43. The molecule has 0 spiro atoms. The highest BCUT2D eigenvalue weighted by Crippen LogP contribution is 2.12. The molecule has 0 bridgehead atoms. The average Bonchev–Trinajstić information content (AvgIpc) is 2.15. The van der Waals surface area contributed by atoms with Gasteiger partial charge >= 0.3 is 0 Å². The number of rotatable bonds is 4. The van der Waals surface area contributed by atoms with Crippen LogP contribution in [0.4, 0.5) is 0 Å². The lowest BCUT2D eigenvalue weighted by atomic mass is 10.0. The first-order chi connectivity index (χ1) is 7.31. The SMILES string of the molecule is Cc1ccccc1C(=O)C(C)OS(C)(=O)=O. The predicted molar refractivity (Wildman–Crippen MR) is 60.9 cm³/mol. The van der Waals surface area contributed by atoms with Crippen molar-refractivity contribution in [2.24, 2.45) is 0 Å². The van der Waals surface area contributed by atoms with Gasteiger partial charge in [0.2, 0.25) is 0 Å². The number of carbonyl (C=O) groups is 1. The van der Waals surface area contributed by atoms with E-state index in [0.717, 1.165) is 11.8 Å². The second-order valence-electron chi connectivity index (χ2n) is 3.62. The summed E-state index contributed by atoms with van der Waals surface area (Å²) in [5.74, 6) is -0.330. The fourth-order valence-electron chi connectivity index (χ4n) is 1.37. The number of hydrogen-bond acceptors (Lipinski definition) is 4. The zero-order valence-corrected chi connectivity index (χ0v) is 10.2. The van der Waals surface area contributed by atoms with Gasteiger partial charge in [-0.25, -0.2) is 0 Å². The van der Waals surface area contributed by atoms with Gasteiger partial charge in [-0.15, -0.1) is 0 Å². The molecule has 1 unspecified atom stereocenters. The van der Waals surface area contributed by atoms with Gasteiger partial charge in [0, 0.05) is 5.56 Å². The predicted octanol–water partition coefficient (Wildman–Crippen LogP) is 1.54. The number of Topliss-reactive ketones (excluding diaryl/α,β-unsaturated/α-hetero) is 1. The molecule has 1 atom stereocenters. The normalized spacial score (nSPS) is 13.4. The Kier molecular flexibility index (Phi) is 3.83. The Morgan fingerprint density at radius 2 is 1.88 bits per heavy atom. The Labute approximate surface area is 95.4 Å². The van der Waals surface area contributed by atoms with E-state index >= 15 is 0 Å². The van der Waals surface area contributed by atoms with Crippen molar-refractivity contribution in [1.82, 2.24) is 0 Å². The van der Waals surface area contributed by atoms with Crippen LogP contribution in [0.2, 0.25) is 0 Å². The maximum Gasteiger partial charge on any atom is 0.265 e. The molecule has 0 aliphatic rings. The third-order valence-electron chi connectivity index (χ3n) is 2.10. The monoisotopic (exact) mass is 242 g/mol. The molecule has 0 amide bonds. The Morgan fingerprint density at radius 3 is 2.38 bits per heavy atom. The maximum absolute atomic E-state index is 11.9. The Morgan fingerprint density at radius 1 is 1.31 bits per heavy atom. The van der Waals surface area contributed by atoms with Gasteiger partial charge in [0.05, 0.1) is 6.26 Å². The molecule has 1 rings (SSSR count). The lowest BCUT2D eigenvalue weighted by molar-refractivity contribution is 0.0826. The van der Waals surface area contributed by atoms with Gasteiger partial charge < -0.3 is 0 Å². The average molecular weight is 242 g/mol. The van der Waals surface area contributed by atoms with Crippen LogP contribution in [0, 0.1) is 6.92 Å². The van der Waals surface area contributed by atoms with Crippen molar-refractivity contribution in [3.63, 3.8) is 0 Å². The minimum absolute atomic E-state index is 0.330. The van der Waals surface area contributed by atoms with E-state index in [9.17, 15) is 13.2 Å². The van der Waals surface area contributed by atoms with Crippen molar-refractivity contribution < 1.29 is 17.4 Å². The van der Waals surface area contributed by atoms with Gasteiger partial charge in [0.1, 0.15) is 6.10 Å². The van der Waals surface area contributed by atoms with Gasteiger partial charge in [-0.2, -0.15) is 8.42 Å². The highest BCUT2D eigenvalue weighted by molar-refractivity contribution is 7.86. The molecule has 5 heteroatoms. The molecule has 0 heterocycles. The first kappa shape index (κ1) is 12.9. The fraction of sp³-hybridized carbons (Fsp3) is 0.364. The van der Waals surface area contributed by atoms with Crippen molar-refractivity contribution in [2.75, 3.05) is 6.26 Å². The molecule has 0 fully saturated rings. The molecule has 0 N–H and O–H groups in total. The summed E-state index contributed by atoms with van der Waals surface area (Å²) in [4.78, 5) is 11.9. The third-order valence-corrected chi connectivity index (χ3v) is 2.74. The highest BCUT2D eigenvalue weighted by atomic mass is 32.2. The quantitative estimate of drug-likeness (QED) is 0.593. The van der Waals surface area contributed by atoms with Gasteiger partial charge in [-0.3, -0.25) is 8.98 Å². The lowest BCUT2D eigenvalue weighted by Crippen LogP contribution is -2.24. The Bertz CT molecular complexity index is 490. The van der Waals surface area contributed by atoms with E-state index in [1.165, 1.54) is 6.92 Å². The number of hydrogen-bond donors (Lipinski definition) is 0. The van der Waals surface area contributed by atoms with E-state index in [4.69, 9.17) is 0 Å². The second kappa shape index (κ2) is 4.76. The van der Waals surface area contributed by atoms with Crippen LogP contribution < -0.4 is 0 Å². The summed E-state index contributed by atoms with van der Waals surface area (Å²) >= 11 is 0. The molecular formula is C11H14O4S. The number of aryl methyl sites for hydroxylation is 1. The minimum Gasteiger partial charge on any atom is -0.291 e.